The number of hydrogen-bond acceptors (Lipinski definition) is 1. The summed E-state index contributed by atoms with van der Waals surface area (Å²) in [7, 11) is 0. The van der Waals surface area contributed by atoms with E-state index in [1.165, 1.54) is 0 Å². The van der Waals surface area contributed by atoms with Gasteiger partial charge in [-0.1, -0.05) is 34.8 Å². The van der Waals surface area contributed by atoms with E-state index in [1.54, 1.807) is 0 Å². The molecule has 0 aliphatic carbocycles. The maximum atomic E-state index is 8.01. The summed E-state index contributed by atoms with van der Waals surface area (Å²) in [6, 6.07) is 0. The van der Waals surface area contributed by atoms with Crippen molar-refractivity contribution in [3.63, 3.8) is 0 Å². The van der Waals surface area contributed by atoms with E-state index in [9.17, 15) is 0 Å². The summed E-state index contributed by atoms with van der Waals surface area (Å²) in [6.45, 7) is -0.433. The van der Waals surface area contributed by atoms with Crippen LogP contribution in [0.1, 0.15) is 0 Å². The summed E-state index contributed by atoms with van der Waals surface area (Å²) in [5.74, 6) is 0. The third-order valence-electron chi connectivity index (χ3n) is 0.179. The molecule has 46 valence electrons. The lowest BCUT2D eigenvalue weighted by Crippen LogP contribution is -2.06. The normalized spacial score (nSPS) is 10.3. The quantitative estimate of drug-likeness (QED) is 0.526. The average Bonchev–Trinajstić information content (AvgIpc) is 1.35. The molecular weight excluding hydrogens is 162 g/mol. The highest BCUT2D eigenvalue weighted by molar-refractivity contribution is 6.67. The first kappa shape index (κ1) is 10.7. The Balaban J connectivity index is 0. The van der Waals surface area contributed by atoms with E-state index in [-0.39, 0.29) is 5.48 Å². The first-order chi connectivity index (χ1) is 2.56. The summed E-state index contributed by atoms with van der Waals surface area (Å²) in [4.78, 5) is 0. The zero-order valence-corrected chi connectivity index (χ0v) is 5.56. The second-order valence-electron chi connectivity index (χ2n) is 0.773. The lowest BCUT2D eigenvalue weighted by molar-refractivity contribution is 0.303. The van der Waals surface area contributed by atoms with Crippen LogP contribution in [0.25, 0.3) is 0 Å². The molecule has 0 amide bonds. The van der Waals surface area contributed by atoms with Crippen LogP contribution in [0.2, 0.25) is 0 Å². The van der Waals surface area contributed by atoms with Gasteiger partial charge in [0.1, 0.15) is 0 Å². The second-order valence-corrected chi connectivity index (χ2v) is 3.29. The van der Waals surface area contributed by atoms with Gasteiger partial charge in [0.2, 0.25) is 3.79 Å². The van der Waals surface area contributed by atoms with Crippen LogP contribution in [0, 0.1) is 0 Å². The minimum absolute atomic E-state index is 0. The number of halogens is 3. The van der Waals surface area contributed by atoms with E-state index in [4.69, 9.17) is 39.9 Å². The number of aliphatic hydroxyl groups excluding tert-OH is 1. The molecule has 0 bridgehead atoms. The Morgan fingerprint density at radius 2 is 1.43 bits per heavy atom. The van der Waals surface area contributed by atoms with Crippen molar-refractivity contribution in [2.24, 2.45) is 0 Å². The van der Waals surface area contributed by atoms with Gasteiger partial charge in [-0.05, 0) is 0 Å². The van der Waals surface area contributed by atoms with E-state index in [0.29, 0.717) is 0 Å². The predicted molar refractivity (Wildman–Crippen MR) is 31.0 cm³/mol. The van der Waals surface area contributed by atoms with Crippen LogP contribution < -0.4 is 0 Å². The Morgan fingerprint density at radius 1 is 1.29 bits per heavy atom. The predicted octanol–water partition coefficient (Wildman–Crippen LogP) is 0.524. The molecule has 0 aliphatic rings. The van der Waals surface area contributed by atoms with Gasteiger partial charge in [0.15, 0.2) is 0 Å². The third-order valence-corrected chi connectivity index (χ3v) is 0.538. The van der Waals surface area contributed by atoms with Gasteiger partial charge >= 0.3 is 0 Å². The SMILES string of the molecule is O.OCC(Cl)(Cl)Cl. The maximum absolute atomic E-state index is 8.01. The average molecular weight is 167 g/mol. The van der Waals surface area contributed by atoms with Crippen molar-refractivity contribution < 1.29 is 10.6 Å². The van der Waals surface area contributed by atoms with Gasteiger partial charge in [0.05, 0.1) is 6.61 Å². The molecule has 0 spiro atoms. The molecule has 0 aromatic heterocycles. The maximum Gasteiger partial charge on any atom is 0.213 e. The lowest BCUT2D eigenvalue weighted by atomic mass is 10.9. The molecule has 0 heterocycles. The fourth-order valence-electron chi connectivity index (χ4n) is 0. The molecule has 7 heavy (non-hydrogen) atoms. The highest BCUT2D eigenvalue weighted by atomic mass is 35.6. The molecule has 3 N–H and O–H groups in total. The number of alkyl halides is 3. The molecule has 0 unspecified atom stereocenters. The molecule has 0 aliphatic heterocycles. The summed E-state index contributed by atoms with van der Waals surface area (Å²) < 4.78 is -1.49. The van der Waals surface area contributed by atoms with E-state index in [1.807, 2.05) is 0 Å². The second kappa shape index (κ2) is 3.75. The monoisotopic (exact) mass is 166 g/mol. The van der Waals surface area contributed by atoms with E-state index in [0.717, 1.165) is 0 Å². The Kier molecular flexibility index (Phi) is 5.74. The van der Waals surface area contributed by atoms with Crippen molar-refractivity contribution in [2.45, 2.75) is 3.79 Å². The topological polar surface area (TPSA) is 51.7 Å². The van der Waals surface area contributed by atoms with Crippen LogP contribution in [-0.2, 0) is 0 Å². The number of aliphatic hydroxyl groups is 1. The molecule has 5 heteroatoms. The molecule has 0 atom stereocenters. The first-order valence-corrected chi connectivity index (χ1v) is 2.37. The lowest BCUT2D eigenvalue weighted by Gasteiger charge is -2.01. The van der Waals surface area contributed by atoms with Crippen molar-refractivity contribution >= 4 is 34.8 Å². The van der Waals surface area contributed by atoms with Crippen LogP contribution in [0.3, 0.4) is 0 Å². The van der Waals surface area contributed by atoms with Crippen molar-refractivity contribution in [1.29, 1.82) is 0 Å². The molecule has 0 fully saturated rings. The van der Waals surface area contributed by atoms with Crippen molar-refractivity contribution in [3.8, 4) is 0 Å². The molecule has 0 aromatic rings. The summed E-state index contributed by atoms with van der Waals surface area (Å²) >= 11 is 15.0. The highest BCUT2D eigenvalue weighted by Crippen LogP contribution is 2.23. The molecule has 0 rings (SSSR count). The zero-order valence-electron chi connectivity index (χ0n) is 3.29. The van der Waals surface area contributed by atoms with Crippen LogP contribution >= 0.6 is 34.8 Å². The molecule has 0 aromatic carbocycles. The molecule has 2 nitrogen and oxygen atoms in total. The Morgan fingerprint density at radius 3 is 1.43 bits per heavy atom. The fourth-order valence-corrected chi connectivity index (χ4v) is 0. The van der Waals surface area contributed by atoms with Crippen LogP contribution in [0.4, 0.5) is 0 Å². The van der Waals surface area contributed by atoms with Crippen LogP contribution in [-0.4, -0.2) is 21.0 Å². The standard InChI is InChI=1S/C2H3Cl3O.H2O/c3-2(4,5)1-6;/h6H,1H2;1H2. The summed E-state index contributed by atoms with van der Waals surface area (Å²) in [5, 5.41) is 8.01. The van der Waals surface area contributed by atoms with E-state index < -0.39 is 10.4 Å². The van der Waals surface area contributed by atoms with Gasteiger partial charge in [-0.2, -0.15) is 0 Å². The minimum atomic E-state index is -1.49. The van der Waals surface area contributed by atoms with Gasteiger partial charge in [0.25, 0.3) is 0 Å². The van der Waals surface area contributed by atoms with Gasteiger partial charge in [0, 0.05) is 0 Å². The molecule has 0 saturated heterocycles. The van der Waals surface area contributed by atoms with Crippen molar-refractivity contribution in [3.05, 3.63) is 0 Å². The van der Waals surface area contributed by atoms with Crippen LogP contribution in [0.5, 0.6) is 0 Å². The van der Waals surface area contributed by atoms with Gasteiger partial charge < -0.3 is 10.6 Å². The minimum Gasteiger partial charge on any atom is -0.412 e. The number of hydrogen-bond donors (Lipinski definition) is 1. The zero-order chi connectivity index (χ0) is 5.21. The van der Waals surface area contributed by atoms with Crippen molar-refractivity contribution in [2.75, 3.05) is 6.61 Å². The van der Waals surface area contributed by atoms with Gasteiger partial charge in [-0.3, -0.25) is 0 Å². The molecular formula is C2H5Cl3O2. The largest absolute Gasteiger partial charge is 0.412 e. The summed E-state index contributed by atoms with van der Waals surface area (Å²) in [6.07, 6.45) is 0. The van der Waals surface area contributed by atoms with Gasteiger partial charge in [-0.15, -0.1) is 0 Å². The smallest absolute Gasteiger partial charge is 0.213 e. The Labute approximate surface area is 56.3 Å². The van der Waals surface area contributed by atoms with Gasteiger partial charge in [-0.25, -0.2) is 0 Å². The fraction of sp³-hybridized carbons (Fsp3) is 1.00. The Hall–Kier alpha value is 0.790. The molecule has 0 saturated carbocycles. The summed E-state index contributed by atoms with van der Waals surface area (Å²) in [5.41, 5.74) is 0. The molecule has 0 radical (unpaired) electrons. The third kappa shape index (κ3) is 10.8. The van der Waals surface area contributed by atoms with E-state index in [2.05, 4.69) is 0 Å². The van der Waals surface area contributed by atoms with Crippen LogP contribution in [0.15, 0.2) is 0 Å². The number of rotatable bonds is 0. The Bertz CT molecular complexity index is 40.7. The highest BCUT2D eigenvalue weighted by Gasteiger charge is 2.16. The first-order valence-electron chi connectivity index (χ1n) is 1.24. The van der Waals surface area contributed by atoms with Crippen molar-refractivity contribution in [1.82, 2.24) is 0 Å². The van der Waals surface area contributed by atoms with E-state index >= 15 is 0 Å².